The van der Waals surface area contributed by atoms with Gasteiger partial charge < -0.3 is 9.64 Å². The number of hydrogen-bond donors (Lipinski definition) is 0. The van der Waals surface area contributed by atoms with Gasteiger partial charge >= 0.3 is 0 Å². The smallest absolute Gasteiger partial charge is 0.164 e. The molecule has 7 heteroatoms. The van der Waals surface area contributed by atoms with Crippen LogP contribution in [0.5, 0.6) is 0 Å². The number of halogens is 1. The number of fused-ring (bicyclic) bond motifs is 1. The highest BCUT2D eigenvalue weighted by molar-refractivity contribution is 9.10. The molecule has 2 heterocycles. The zero-order chi connectivity index (χ0) is 15.7. The van der Waals surface area contributed by atoms with E-state index in [-0.39, 0.29) is 0 Å². The van der Waals surface area contributed by atoms with Crippen molar-refractivity contribution in [1.29, 1.82) is 0 Å². The van der Waals surface area contributed by atoms with E-state index in [9.17, 15) is 0 Å². The second-order valence-corrected chi connectivity index (χ2v) is 6.82. The zero-order valence-corrected chi connectivity index (χ0v) is 14.9. The largest absolute Gasteiger partial charge is 0.383 e. The molecule has 0 aromatic carbocycles. The van der Waals surface area contributed by atoms with Crippen LogP contribution >= 0.6 is 15.9 Å². The van der Waals surface area contributed by atoms with Crippen molar-refractivity contribution in [2.45, 2.75) is 32.2 Å². The van der Waals surface area contributed by atoms with E-state index in [1.165, 1.54) is 19.3 Å². The van der Waals surface area contributed by atoms with Crippen molar-refractivity contribution >= 4 is 32.8 Å². The normalized spacial score (nSPS) is 21.6. The van der Waals surface area contributed by atoms with Gasteiger partial charge in [-0.2, -0.15) is 5.10 Å². The highest BCUT2D eigenvalue weighted by Crippen LogP contribution is 2.35. The van der Waals surface area contributed by atoms with Crippen LogP contribution in [0.1, 0.15) is 26.2 Å². The maximum absolute atomic E-state index is 5.31. The fraction of sp³-hybridized carbons (Fsp3) is 0.667. The second kappa shape index (κ2) is 6.50. The van der Waals surface area contributed by atoms with Crippen LogP contribution in [-0.2, 0) is 11.8 Å². The van der Waals surface area contributed by atoms with Crippen LogP contribution in [0.25, 0.3) is 11.0 Å². The Balaban J connectivity index is 2.03. The summed E-state index contributed by atoms with van der Waals surface area (Å²) in [5, 5.41) is 5.41. The maximum Gasteiger partial charge on any atom is 0.164 e. The third-order valence-corrected chi connectivity index (χ3v) is 5.03. The summed E-state index contributed by atoms with van der Waals surface area (Å²) in [6, 6.07) is 0.510. The van der Waals surface area contributed by atoms with E-state index in [1.807, 2.05) is 7.05 Å². The molecule has 6 nitrogen and oxygen atoms in total. The summed E-state index contributed by atoms with van der Waals surface area (Å²) in [4.78, 5) is 11.3. The Bertz CT molecular complexity index is 659. The first kappa shape index (κ1) is 15.7. The van der Waals surface area contributed by atoms with E-state index >= 15 is 0 Å². The van der Waals surface area contributed by atoms with E-state index in [0.29, 0.717) is 12.6 Å². The van der Waals surface area contributed by atoms with E-state index in [2.05, 4.69) is 42.8 Å². The van der Waals surface area contributed by atoms with Crippen molar-refractivity contribution in [2.24, 2.45) is 13.0 Å². The topological polar surface area (TPSA) is 56.1 Å². The summed E-state index contributed by atoms with van der Waals surface area (Å²) in [6.07, 6.45) is 5.31. The minimum atomic E-state index is 0.510. The number of aromatic nitrogens is 4. The van der Waals surface area contributed by atoms with E-state index < -0.39 is 0 Å². The average Bonchev–Trinajstić information content (AvgIpc) is 3.05. The Morgan fingerprint density at radius 2 is 2.23 bits per heavy atom. The van der Waals surface area contributed by atoms with Gasteiger partial charge in [-0.25, -0.2) is 14.6 Å². The van der Waals surface area contributed by atoms with Crippen molar-refractivity contribution in [2.75, 3.05) is 25.2 Å². The summed E-state index contributed by atoms with van der Waals surface area (Å²) in [6.45, 7) is 3.85. The van der Waals surface area contributed by atoms with Crippen LogP contribution in [0.4, 0.5) is 5.82 Å². The molecular weight excluding hydrogens is 346 g/mol. The molecule has 1 saturated carbocycles. The lowest BCUT2D eigenvalue weighted by Crippen LogP contribution is -2.37. The molecule has 2 atom stereocenters. The molecule has 0 bridgehead atoms. The third-order valence-electron chi connectivity index (χ3n) is 4.47. The van der Waals surface area contributed by atoms with Crippen molar-refractivity contribution < 1.29 is 4.74 Å². The monoisotopic (exact) mass is 367 g/mol. The molecule has 2 unspecified atom stereocenters. The summed E-state index contributed by atoms with van der Waals surface area (Å²) in [7, 11) is 3.64. The van der Waals surface area contributed by atoms with Gasteiger partial charge in [0.2, 0.25) is 0 Å². The molecule has 2 aromatic heterocycles. The number of nitrogens with zero attached hydrogens (tertiary/aromatic N) is 5. The lowest BCUT2D eigenvalue weighted by molar-refractivity contribution is 0.203. The molecule has 120 valence electrons. The Kier molecular flexibility index (Phi) is 4.63. The standard InChI is InChI=1S/C15H22BrN5O/c1-10-4-5-11(8-10)21(6-7-22-3)15-12-13(16)19-20(2)14(12)17-9-18-15/h9-11H,4-8H2,1-3H3. The summed E-state index contributed by atoms with van der Waals surface area (Å²) in [5.41, 5.74) is 0.852. The molecule has 0 N–H and O–H groups in total. The Morgan fingerprint density at radius 1 is 1.41 bits per heavy atom. The minimum Gasteiger partial charge on any atom is -0.383 e. The molecule has 0 aliphatic heterocycles. The van der Waals surface area contributed by atoms with Gasteiger partial charge in [0.25, 0.3) is 0 Å². The fourth-order valence-corrected chi connectivity index (χ4v) is 3.95. The van der Waals surface area contributed by atoms with Crippen LogP contribution in [-0.4, -0.2) is 46.1 Å². The number of ether oxygens (including phenoxy) is 1. The summed E-state index contributed by atoms with van der Waals surface area (Å²) >= 11 is 3.56. The molecule has 0 spiro atoms. The van der Waals surface area contributed by atoms with Gasteiger partial charge in [-0.1, -0.05) is 6.92 Å². The van der Waals surface area contributed by atoms with Crippen LogP contribution < -0.4 is 4.90 Å². The molecule has 2 aromatic rings. The summed E-state index contributed by atoms with van der Waals surface area (Å²) in [5.74, 6) is 1.73. The predicted octanol–water partition coefficient (Wildman–Crippen LogP) is 2.77. The van der Waals surface area contributed by atoms with Gasteiger partial charge in [0.1, 0.15) is 16.7 Å². The lowest BCUT2D eigenvalue weighted by atomic mass is 10.1. The van der Waals surface area contributed by atoms with Gasteiger partial charge in [-0.15, -0.1) is 0 Å². The van der Waals surface area contributed by atoms with Crippen LogP contribution in [0, 0.1) is 5.92 Å². The van der Waals surface area contributed by atoms with Crippen LogP contribution in [0.2, 0.25) is 0 Å². The Morgan fingerprint density at radius 3 is 2.91 bits per heavy atom. The zero-order valence-electron chi connectivity index (χ0n) is 13.3. The minimum absolute atomic E-state index is 0.510. The number of aryl methyl sites for hydroxylation is 1. The molecule has 0 radical (unpaired) electrons. The fourth-order valence-electron chi connectivity index (χ4n) is 3.36. The molecule has 3 rings (SSSR count). The molecule has 1 fully saturated rings. The average molecular weight is 368 g/mol. The SMILES string of the molecule is COCCN(c1ncnc2c1c(Br)nn2C)C1CCC(C)C1. The highest BCUT2D eigenvalue weighted by atomic mass is 79.9. The van der Waals surface area contributed by atoms with Gasteiger partial charge in [0, 0.05) is 26.7 Å². The summed E-state index contributed by atoms with van der Waals surface area (Å²) < 4.78 is 7.90. The number of methoxy groups -OCH3 is 1. The third kappa shape index (κ3) is 2.84. The van der Waals surface area contributed by atoms with E-state index in [4.69, 9.17) is 4.74 Å². The number of hydrogen-bond acceptors (Lipinski definition) is 5. The van der Waals surface area contributed by atoms with Crippen molar-refractivity contribution in [1.82, 2.24) is 19.7 Å². The van der Waals surface area contributed by atoms with E-state index in [1.54, 1.807) is 18.1 Å². The maximum atomic E-state index is 5.31. The molecule has 1 aliphatic carbocycles. The molecule has 22 heavy (non-hydrogen) atoms. The first-order valence-electron chi connectivity index (χ1n) is 7.70. The lowest BCUT2D eigenvalue weighted by Gasteiger charge is -2.30. The van der Waals surface area contributed by atoms with Crippen LogP contribution in [0.3, 0.4) is 0 Å². The Hall–Kier alpha value is -1.21. The van der Waals surface area contributed by atoms with Gasteiger partial charge in [0.05, 0.1) is 12.0 Å². The molecule has 1 aliphatic rings. The first-order valence-corrected chi connectivity index (χ1v) is 8.50. The van der Waals surface area contributed by atoms with E-state index in [0.717, 1.165) is 33.9 Å². The molecule has 0 amide bonds. The van der Waals surface area contributed by atoms with Crippen molar-refractivity contribution in [3.8, 4) is 0 Å². The van der Waals surface area contributed by atoms with Gasteiger partial charge in [-0.3, -0.25) is 0 Å². The molecule has 0 saturated heterocycles. The number of anilines is 1. The quantitative estimate of drug-likeness (QED) is 0.812. The first-order chi connectivity index (χ1) is 10.6. The van der Waals surface area contributed by atoms with Crippen molar-refractivity contribution in [3.05, 3.63) is 10.9 Å². The molecular formula is C15H22BrN5O. The predicted molar refractivity (Wildman–Crippen MR) is 90.0 cm³/mol. The number of rotatable bonds is 5. The Labute approximate surface area is 139 Å². The highest BCUT2D eigenvalue weighted by Gasteiger charge is 2.29. The van der Waals surface area contributed by atoms with Gasteiger partial charge in [0.15, 0.2) is 5.65 Å². The second-order valence-electron chi connectivity index (χ2n) is 6.07. The van der Waals surface area contributed by atoms with Gasteiger partial charge in [-0.05, 0) is 41.1 Å². The van der Waals surface area contributed by atoms with Crippen molar-refractivity contribution in [3.63, 3.8) is 0 Å². The van der Waals surface area contributed by atoms with Crippen LogP contribution in [0.15, 0.2) is 10.9 Å².